The summed E-state index contributed by atoms with van der Waals surface area (Å²) in [6.07, 6.45) is 3.28. The van der Waals surface area contributed by atoms with Crippen LogP contribution in [0.2, 0.25) is 0 Å². The second-order valence-electron chi connectivity index (χ2n) is 5.45. The summed E-state index contributed by atoms with van der Waals surface area (Å²) in [7, 11) is 0. The Morgan fingerprint density at radius 2 is 2.42 bits per heavy atom. The first-order valence-electron chi connectivity index (χ1n) is 6.69. The largest absolute Gasteiger partial charge is 0.379 e. The average molecular weight is 262 g/mol. The summed E-state index contributed by atoms with van der Waals surface area (Å²) < 4.78 is 7.22. The van der Waals surface area contributed by atoms with Crippen LogP contribution in [0.1, 0.15) is 32.1 Å². The van der Waals surface area contributed by atoms with Gasteiger partial charge in [0.2, 0.25) is 0 Å². The van der Waals surface area contributed by atoms with Gasteiger partial charge in [0, 0.05) is 13.0 Å². The summed E-state index contributed by atoms with van der Waals surface area (Å²) in [5.41, 5.74) is 0.570. The summed E-state index contributed by atoms with van der Waals surface area (Å²) in [5, 5.41) is 4.87. The molecule has 0 bridgehead atoms. The second kappa shape index (κ2) is 4.77. The molecule has 3 rings (SSSR count). The SMILES string of the molecule is CC(C)Cc1nc2c(cnn2C2CCOC2)c(=O)[nH]1. The van der Waals surface area contributed by atoms with E-state index in [9.17, 15) is 4.79 Å². The molecule has 6 nitrogen and oxygen atoms in total. The van der Waals surface area contributed by atoms with Crippen LogP contribution in [0, 0.1) is 5.92 Å². The highest BCUT2D eigenvalue weighted by Gasteiger charge is 2.22. The zero-order valence-corrected chi connectivity index (χ0v) is 11.2. The van der Waals surface area contributed by atoms with Crippen molar-refractivity contribution in [3.63, 3.8) is 0 Å². The lowest BCUT2D eigenvalue weighted by molar-refractivity contribution is 0.185. The molecular weight excluding hydrogens is 244 g/mol. The Morgan fingerprint density at radius 1 is 1.58 bits per heavy atom. The predicted molar refractivity (Wildman–Crippen MR) is 71.2 cm³/mol. The van der Waals surface area contributed by atoms with E-state index in [1.165, 1.54) is 0 Å². The Labute approximate surface area is 110 Å². The standard InChI is InChI=1S/C13H18N4O2/c1-8(2)5-11-15-12-10(13(18)16-11)6-14-17(12)9-3-4-19-7-9/h6,8-9H,3-5,7H2,1-2H3,(H,15,16,18). The number of ether oxygens (including phenoxy) is 1. The summed E-state index contributed by atoms with van der Waals surface area (Å²) in [5.74, 6) is 1.18. The van der Waals surface area contributed by atoms with E-state index in [-0.39, 0.29) is 11.6 Å². The minimum Gasteiger partial charge on any atom is -0.379 e. The maximum absolute atomic E-state index is 12.0. The highest BCUT2D eigenvalue weighted by atomic mass is 16.5. The van der Waals surface area contributed by atoms with E-state index in [4.69, 9.17) is 4.74 Å². The van der Waals surface area contributed by atoms with Crippen LogP contribution >= 0.6 is 0 Å². The van der Waals surface area contributed by atoms with E-state index < -0.39 is 0 Å². The number of aromatic nitrogens is 4. The Balaban J connectivity index is 2.09. The Morgan fingerprint density at radius 3 is 3.11 bits per heavy atom. The van der Waals surface area contributed by atoms with E-state index >= 15 is 0 Å². The highest BCUT2D eigenvalue weighted by molar-refractivity contribution is 5.73. The van der Waals surface area contributed by atoms with E-state index in [2.05, 4.69) is 28.9 Å². The Hall–Kier alpha value is -1.69. The number of rotatable bonds is 3. The Kier molecular flexibility index (Phi) is 3.10. The van der Waals surface area contributed by atoms with Crippen molar-refractivity contribution >= 4 is 11.0 Å². The molecule has 1 aliphatic heterocycles. The fraction of sp³-hybridized carbons (Fsp3) is 0.615. The molecule has 0 aromatic carbocycles. The number of H-pyrrole nitrogens is 1. The molecule has 2 aromatic rings. The lowest BCUT2D eigenvalue weighted by Crippen LogP contribution is -2.16. The molecule has 0 spiro atoms. The minimum absolute atomic E-state index is 0.106. The van der Waals surface area contributed by atoms with Crippen molar-refractivity contribution in [3.8, 4) is 0 Å². The maximum atomic E-state index is 12.0. The van der Waals surface area contributed by atoms with Gasteiger partial charge in [0.25, 0.3) is 5.56 Å². The molecule has 102 valence electrons. The molecule has 2 aromatic heterocycles. The van der Waals surface area contributed by atoms with E-state index in [1.807, 2.05) is 4.68 Å². The smallest absolute Gasteiger partial charge is 0.262 e. The number of nitrogens with zero attached hydrogens (tertiary/aromatic N) is 3. The van der Waals surface area contributed by atoms with Crippen LogP contribution in [0.25, 0.3) is 11.0 Å². The first kappa shape index (κ1) is 12.3. The molecule has 6 heteroatoms. The van der Waals surface area contributed by atoms with Crippen LogP contribution in [-0.2, 0) is 11.2 Å². The lowest BCUT2D eigenvalue weighted by atomic mass is 10.1. The van der Waals surface area contributed by atoms with Crippen molar-refractivity contribution in [2.75, 3.05) is 13.2 Å². The summed E-state index contributed by atoms with van der Waals surface area (Å²) in [6.45, 7) is 5.59. The van der Waals surface area contributed by atoms with Gasteiger partial charge in [-0.25, -0.2) is 9.67 Å². The molecule has 0 aliphatic carbocycles. The van der Waals surface area contributed by atoms with Gasteiger partial charge in [0.05, 0.1) is 18.8 Å². The molecule has 3 heterocycles. The summed E-state index contributed by atoms with van der Waals surface area (Å²) in [4.78, 5) is 19.4. The van der Waals surface area contributed by atoms with Gasteiger partial charge in [0.1, 0.15) is 11.2 Å². The fourth-order valence-electron chi connectivity index (χ4n) is 2.45. The van der Waals surface area contributed by atoms with Gasteiger partial charge in [0.15, 0.2) is 5.65 Å². The van der Waals surface area contributed by atoms with Crippen LogP contribution in [0.15, 0.2) is 11.0 Å². The number of aromatic amines is 1. The van der Waals surface area contributed by atoms with Crippen molar-refractivity contribution in [1.29, 1.82) is 0 Å². The van der Waals surface area contributed by atoms with Gasteiger partial charge in [-0.05, 0) is 12.3 Å². The molecular formula is C13H18N4O2. The number of hydrogen-bond donors (Lipinski definition) is 1. The molecule has 0 amide bonds. The monoisotopic (exact) mass is 262 g/mol. The molecule has 1 fully saturated rings. The number of fused-ring (bicyclic) bond motifs is 1. The zero-order valence-electron chi connectivity index (χ0n) is 11.2. The van der Waals surface area contributed by atoms with Crippen LogP contribution in [0.3, 0.4) is 0 Å². The third-order valence-electron chi connectivity index (χ3n) is 3.37. The van der Waals surface area contributed by atoms with Gasteiger partial charge < -0.3 is 9.72 Å². The molecule has 1 saturated heterocycles. The number of nitrogens with one attached hydrogen (secondary N) is 1. The first-order chi connectivity index (χ1) is 9.15. The maximum Gasteiger partial charge on any atom is 0.262 e. The van der Waals surface area contributed by atoms with Crippen LogP contribution in [-0.4, -0.2) is 33.0 Å². The highest BCUT2D eigenvalue weighted by Crippen LogP contribution is 2.21. The molecule has 0 radical (unpaired) electrons. The summed E-state index contributed by atoms with van der Waals surface area (Å²) in [6, 6.07) is 0.193. The zero-order chi connectivity index (χ0) is 13.4. The van der Waals surface area contributed by atoms with Crippen LogP contribution < -0.4 is 5.56 Å². The molecule has 0 saturated carbocycles. The van der Waals surface area contributed by atoms with Gasteiger partial charge in [-0.3, -0.25) is 4.79 Å². The second-order valence-corrected chi connectivity index (χ2v) is 5.45. The fourth-order valence-corrected chi connectivity index (χ4v) is 2.45. The van der Waals surface area contributed by atoms with Gasteiger partial charge in [-0.2, -0.15) is 5.10 Å². The Bertz CT molecular complexity index is 638. The molecule has 1 aliphatic rings. The van der Waals surface area contributed by atoms with Crippen molar-refractivity contribution < 1.29 is 4.74 Å². The average Bonchev–Trinajstić information content (AvgIpc) is 2.94. The van der Waals surface area contributed by atoms with Crippen LogP contribution in [0.4, 0.5) is 0 Å². The van der Waals surface area contributed by atoms with E-state index in [0.29, 0.717) is 23.6 Å². The van der Waals surface area contributed by atoms with Crippen molar-refractivity contribution in [2.45, 2.75) is 32.7 Å². The minimum atomic E-state index is -0.106. The van der Waals surface area contributed by atoms with Crippen LogP contribution in [0.5, 0.6) is 0 Å². The van der Waals surface area contributed by atoms with Crippen molar-refractivity contribution in [2.24, 2.45) is 5.92 Å². The molecule has 1 atom stereocenters. The molecule has 1 unspecified atom stereocenters. The molecule has 1 N–H and O–H groups in total. The normalized spacial score (nSPS) is 19.6. The predicted octanol–water partition coefficient (Wildman–Crippen LogP) is 1.28. The van der Waals surface area contributed by atoms with E-state index in [0.717, 1.165) is 25.3 Å². The third kappa shape index (κ3) is 2.28. The van der Waals surface area contributed by atoms with Crippen molar-refractivity contribution in [1.82, 2.24) is 19.7 Å². The van der Waals surface area contributed by atoms with E-state index in [1.54, 1.807) is 6.20 Å². The molecule has 19 heavy (non-hydrogen) atoms. The third-order valence-corrected chi connectivity index (χ3v) is 3.37. The van der Waals surface area contributed by atoms with Gasteiger partial charge in [-0.15, -0.1) is 0 Å². The first-order valence-corrected chi connectivity index (χ1v) is 6.69. The number of hydrogen-bond acceptors (Lipinski definition) is 4. The van der Waals surface area contributed by atoms with Gasteiger partial charge >= 0.3 is 0 Å². The quantitative estimate of drug-likeness (QED) is 0.904. The van der Waals surface area contributed by atoms with Gasteiger partial charge in [-0.1, -0.05) is 13.8 Å². The summed E-state index contributed by atoms with van der Waals surface area (Å²) >= 11 is 0. The lowest BCUT2D eigenvalue weighted by Gasteiger charge is -2.10. The van der Waals surface area contributed by atoms with Crippen molar-refractivity contribution in [3.05, 3.63) is 22.4 Å². The topological polar surface area (TPSA) is 72.8 Å².